The van der Waals surface area contributed by atoms with Crippen molar-refractivity contribution in [3.05, 3.63) is 48.0 Å². The third-order valence-corrected chi connectivity index (χ3v) is 8.29. The van der Waals surface area contributed by atoms with E-state index in [2.05, 4.69) is 124 Å². The van der Waals surface area contributed by atoms with Gasteiger partial charge in [-0.05, 0) is 145 Å². The largest absolute Gasteiger partial charge is 0.508 e. The molecule has 2 rings (SSSR count). The molecule has 1 amide bonds. The van der Waals surface area contributed by atoms with Crippen LogP contribution in [0.2, 0.25) is 0 Å². The van der Waals surface area contributed by atoms with Crippen LogP contribution >= 0.6 is 6.72 Å². The van der Waals surface area contributed by atoms with Gasteiger partial charge in [0.15, 0.2) is 0 Å². The molecular weight excluding hydrogens is 732 g/mol. The highest BCUT2D eigenvalue weighted by Crippen LogP contribution is 2.48. The quantitative estimate of drug-likeness (QED) is 0.0736. The highest BCUT2D eigenvalue weighted by molar-refractivity contribution is 8.07. The van der Waals surface area contributed by atoms with Gasteiger partial charge in [0.1, 0.15) is 33.3 Å². The van der Waals surface area contributed by atoms with Crippen molar-refractivity contribution in [3.63, 3.8) is 0 Å². The zero-order valence-corrected chi connectivity index (χ0v) is 31.7. The Kier molecular flexibility index (Phi) is 23.2. The van der Waals surface area contributed by atoms with Gasteiger partial charge < -0.3 is 33.5 Å². The van der Waals surface area contributed by atoms with Crippen molar-refractivity contribution in [2.45, 2.75) is 57.4 Å². The van der Waals surface area contributed by atoms with Gasteiger partial charge in [-0.2, -0.15) is 0 Å². The van der Waals surface area contributed by atoms with Crippen LogP contribution in [0.5, 0.6) is 0 Å². The number of nitrogens with one attached hydrogen (secondary N) is 1. The number of hydrogen-bond donors (Lipinski definition) is 2. The van der Waals surface area contributed by atoms with Crippen molar-refractivity contribution in [1.29, 1.82) is 0 Å². The Bertz CT molecular complexity index is 2230. The van der Waals surface area contributed by atoms with Gasteiger partial charge in [0.25, 0.3) is 5.91 Å². The minimum atomic E-state index is -3.59. The smallest absolute Gasteiger partial charge is 0.431 e. The van der Waals surface area contributed by atoms with Gasteiger partial charge in [-0.25, -0.2) is 4.79 Å². The van der Waals surface area contributed by atoms with E-state index in [0.717, 1.165) is 18.4 Å². The van der Waals surface area contributed by atoms with Crippen molar-refractivity contribution >= 4 is 38.4 Å². The van der Waals surface area contributed by atoms with Gasteiger partial charge in [-0.3, -0.25) is 4.79 Å². The lowest BCUT2D eigenvalue weighted by Gasteiger charge is -2.26. The Morgan fingerprint density at radius 1 is 0.855 bits per heavy atom. The summed E-state index contributed by atoms with van der Waals surface area (Å²) in [5.41, 5.74) is 0.804. The molecule has 0 spiro atoms. The second-order valence-electron chi connectivity index (χ2n) is 10.4. The number of carbonyl (C=O) groups excluding carboxylic acids is 2. The Labute approximate surface area is 330 Å². The summed E-state index contributed by atoms with van der Waals surface area (Å²) < 4.78 is 26.9. The summed E-state index contributed by atoms with van der Waals surface area (Å²) in [6.45, 7) is -1.66. The predicted molar refractivity (Wildman–Crippen MR) is 213 cm³/mol. The Balaban J connectivity index is 1.70. The van der Waals surface area contributed by atoms with Crippen molar-refractivity contribution in [3.8, 4) is 118 Å². The van der Waals surface area contributed by atoms with Gasteiger partial charge in [0.2, 0.25) is 0 Å². The summed E-state index contributed by atoms with van der Waals surface area (Å²) in [6, 6.07) is 8.37. The number of carbonyl (C=O) groups is 2. The molecule has 1 saturated heterocycles. The van der Waals surface area contributed by atoms with Gasteiger partial charge >= 0.3 is 12.9 Å². The van der Waals surface area contributed by atoms with E-state index in [1.807, 2.05) is 42.5 Å². The molecule has 1 aliphatic rings. The van der Waals surface area contributed by atoms with E-state index in [9.17, 15) is 14.5 Å². The molecule has 0 saturated carbocycles. The molecule has 1 fully saturated rings. The molecule has 2 radical (unpaired) electrons. The van der Waals surface area contributed by atoms with Gasteiger partial charge in [-0.15, -0.1) is 0 Å². The van der Waals surface area contributed by atoms with E-state index in [1.54, 1.807) is 6.92 Å². The predicted octanol–water partition coefficient (Wildman–Crippen LogP) is 3.38. The molecule has 2 N–H and O–H groups in total. The highest BCUT2D eigenvalue weighted by Gasteiger charge is 2.45. The first kappa shape index (κ1) is 45.0. The van der Waals surface area contributed by atoms with Gasteiger partial charge in [0, 0.05) is 43.3 Å². The minimum absolute atomic E-state index is 0.0441. The third-order valence-electron chi connectivity index (χ3n) is 6.61. The molecule has 2 unspecified atom stereocenters. The van der Waals surface area contributed by atoms with Crippen molar-refractivity contribution in [1.82, 2.24) is 5.32 Å². The number of benzene rings is 1. The maximum Gasteiger partial charge on any atom is 0.508 e. The summed E-state index contributed by atoms with van der Waals surface area (Å²) >= 11 is 5.06. The van der Waals surface area contributed by atoms with E-state index >= 15 is 0 Å². The van der Waals surface area contributed by atoms with Crippen molar-refractivity contribution < 1.29 is 37.7 Å². The molecular formula is C43H33BNO8PS. The lowest BCUT2D eigenvalue weighted by Crippen LogP contribution is -2.33. The van der Waals surface area contributed by atoms with E-state index in [1.165, 1.54) is 7.11 Å². The van der Waals surface area contributed by atoms with E-state index in [0.29, 0.717) is 19.4 Å². The first-order chi connectivity index (χ1) is 26.8. The Morgan fingerprint density at radius 3 is 1.98 bits per heavy atom. The first-order valence-corrected chi connectivity index (χ1v) is 19.0. The Hall–Kier alpha value is -6.15. The molecule has 0 aliphatic carbocycles. The van der Waals surface area contributed by atoms with Crippen molar-refractivity contribution in [2.75, 3.05) is 20.3 Å². The maximum atomic E-state index is 12.2. The van der Waals surface area contributed by atoms with Crippen LogP contribution in [0.15, 0.2) is 42.5 Å². The lowest BCUT2D eigenvalue weighted by molar-refractivity contribution is -0.115. The number of allylic oxidation sites excluding steroid dienone is 2. The molecule has 0 bridgehead atoms. The standard InChI is InChI=1S/C43H33BNO8PS/c1-3-4-5-6-7-8-9-10-11-12-13-14-15-16-17-18-19-22-28-33-40(46)45-34-29-23-20-21-27-32-38-41(53-54(48,55)49-2)39(52-42(38)44)36-51-43(47)50-35-37-30-25-24-26-31-37/h21,24-27,30-31,38-39,41-42H,20,23,29,32,34-36H2,1-2H3,(H,45,46)(H,48,55)/b27-21+/t38-,39+,41?,42+,54?/m0/s1. The molecule has 9 nitrogen and oxygen atoms in total. The summed E-state index contributed by atoms with van der Waals surface area (Å²) in [5, 5.41) is 2.71. The first-order valence-electron chi connectivity index (χ1n) is 16.4. The summed E-state index contributed by atoms with van der Waals surface area (Å²) in [5.74, 6) is 49.1. The van der Waals surface area contributed by atoms with Crippen molar-refractivity contribution in [2.24, 2.45) is 5.92 Å². The molecule has 1 aromatic rings. The third kappa shape index (κ3) is 21.9. The average Bonchev–Trinajstić information content (AvgIpc) is 3.47. The zero-order chi connectivity index (χ0) is 39.8. The van der Waals surface area contributed by atoms with Crippen LogP contribution < -0.4 is 5.32 Å². The summed E-state index contributed by atoms with van der Waals surface area (Å²) in [6.07, 6.45) is 4.08. The van der Waals surface area contributed by atoms with E-state index < -0.39 is 42.9 Å². The summed E-state index contributed by atoms with van der Waals surface area (Å²) in [7, 11) is 7.49. The SMILES string of the molecule is [B][C@@H]1O[C@H](COC(=O)OCc2ccccc2)C(OP(O)(=S)OC)[C@@H]1C/C=C/CCCCNC(=O)C#CC#CC#CC#CC#CC#CC#CC#CC#CC#CC. The number of amides is 1. The van der Waals surface area contributed by atoms with Crippen LogP contribution in [-0.2, 0) is 46.5 Å². The molecule has 1 heterocycles. The van der Waals surface area contributed by atoms with Gasteiger partial charge in [0.05, 0.1) is 0 Å². The number of ether oxygens (including phenoxy) is 3. The highest BCUT2D eigenvalue weighted by atomic mass is 32.5. The second-order valence-corrected chi connectivity index (χ2v) is 13.3. The second kappa shape index (κ2) is 28.4. The molecule has 1 aliphatic heterocycles. The van der Waals surface area contributed by atoms with E-state index in [-0.39, 0.29) is 13.2 Å². The normalized spacial score (nSPS) is 16.5. The zero-order valence-electron chi connectivity index (χ0n) is 30.0. The number of rotatable bonds is 14. The van der Waals surface area contributed by atoms with Crippen LogP contribution in [0.4, 0.5) is 4.79 Å². The fourth-order valence-electron chi connectivity index (χ4n) is 4.15. The lowest BCUT2D eigenvalue weighted by atomic mass is 9.82. The molecule has 55 heavy (non-hydrogen) atoms. The van der Waals surface area contributed by atoms with Crippen LogP contribution in [0.1, 0.15) is 38.2 Å². The minimum Gasteiger partial charge on any atom is -0.431 e. The molecule has 272 valence electrons. The fraction of sp³-hybridized carbons (Fsp3) is 0.302. The Morgan fingerprint density at radius 2 is 1.42 bits per heavy atom. The monoisotopic (exact) mass is 765 g/mol. The molecule has 5 atom stereocenters. The fourth-order valence-corrected chi connectivity index (χ4v) is 5.14. The van der Waals surface area contributed by atoms with Crippen LogP contribution in [0.25, 0.3) is 0 Å². The topological polar surface area (TPSA) is 113 Å². The molecule has 12 heteroatoms. The molecule has 1 aromatic carbocycles. The van der Waals surface area contributed by atoms with Crippen LogP contribution in [-0.4, -0.2) is 63.3 Å². The number of unbranched alkanes of at least 4 members (excludes halogenated alkanes) is 2. The maximum absolute atomic E-state index is 12.2. The average molecular weight is 766 g/mol. The number of hydrogen-bond acceptors (Lipinski definition) is 8. The van der Waals surface area contributed by atoms with E-state index in [4.69, 9.17) is 42.9 Å². The van der Waals surface area contributed by atoms with Crippen LogP contribution in [0, 0.1) is 124 Å². The van der Waals surface area contributed by atoms with Gasteiger partial charge in [-0.1, -0.05) is 48.4 Å². The molecule has 0 aromatic heterocycles. The van der Waals surface area contributed by atoms with Crippen LogP contribution in [0.3, 0.4) is 0 Å². The summed E-state index contributed by atoms with van der Waals surface area (Å²) in [4.78, 5) is 34.5.